The zero-order valence-corrected chi connectivity index (χ0v) is 20.3. The fraction of sp³-hybridized carbons (Fsp3) is 0.400. The topological polar surface area (TPSA) is 108 Å². The first-order valence-corrected chi connectivity index (χ1v) is 12.4. The number of thioether (sulfide) groups is 1. The van der Waals surface area contributed by atoms with Gasteiger partial charge < -0.3 is 25.4 Å². The number of hydrogen-bond acceptors (Lipinski definition) is 6. The Morgan fingerprint density at radius 2 is 1.68 bits per heavy atom. The lowest BCUT2D eigenvalue weighted by Crippen LogP contribution is -2.43. The van der Waals surface area contributed by atoms with Crippen LogP contribution in [0.4, 0.5) is 4.79 Å². The SMILES string of the molecule is CN(C)CCC(NC(=O)CSCCNC(=O)OCC1c2ccccc2-c2ccccc21)C(=O)O. The number of hydrogen-bond donors (Lipinski definition) is 3. The molecule has 1 atom stereocenters. The van der Waals surface area contributed by atoms with E-state index in [4.69, 9.17) is 4.74 Å². The van der Waals surface area contributed by atoms with E-state index in [2.05, 4.69) is 34.9 Å². The van der Waals surface area contributed by atoms with Gasteiger partial charge in [0.25, 0.3) is 0 Å². The minimum atomic E-state index is -1.04. The van der Waals surface area contributed by atoms with Gasteiger partial charge in [-0.1, -0.05) is 48.5 Å². The summed E-state index contributed by atoms with van der Waals surface area (Å²) in [5, 5.41) is 14.5. The van der Waals surface area contributed by atoms with Crippen LogP contribution in [0.3, 0.4) is 0 Å². The minimum Gasteiger partial charge on any atom is -0.480 e. The Balaban J connectivity index is 1.36. The summed E-state index contributed by atoms with van der Waals surface area (Å²) >= 11 is 1.32. The number of carboxylic acid groups (broad SMARTS) is 1. The molecule has 1 aliphatic rings. The third-order valence-corrected chi connectivity index (χ3v) is 6.55. The second-order valence-electron chi connectivity index (χ2n) is 8.36. The van der Waals surface area contributed by atoms with Gasteiger partial charge >= 0.3 is 12.1 Å². The van der Waals surface area contributed by atoms with Gasteiger partial charge in [0.1, 0.15) is 12.6 Å². The van der Waals surface area contributed by atoms with E-state index in [1.165, 1.54) is 22.9 Å². The van der Waals surface area contributed by atoms with Gasteiger partial charge in [0.2, 0.25) is 5.91 Å². The van der Waals surface area contributed by atoms with Crippen molar-refractivity contribution in [3.63, 3.8) is 0 Å². The van der Waals surface area contributed by atoms with Gasteiger partial charge in [-0.25, -0.2) is 9.59 Å². The molecule has 182 valence electrons. The number of aliphatic carboxylic acids is 1. The van der Waals surface area contributed by atoms with E-state index < -0.39 is 18.1 Å². The van der Waals surface area contributed by atoms with Crippen molar-refractivity contribution >= 4 is 29.7 Å². The van der Waals surface area contributed by atoms with E-state index in [0.717, 1.165) is 11.1 Å². The number of fused-ring (bicyclic) bond motifs is 3. The van der Waals surface area contributed by atoms with E-state index in [0.29, 0.717) is 25.3 Å². The molecule has 0 radical (unpaired) electrons. The molecular weight excluding hydrogens is 454 g/mol. The molecule has 1 unspecified atom stereocenters. The van der Waals surface area contributed by atoms with Crippen molar-refractivity contribution in [2.75, 3.05) is 45.3 Å². The normalized spacial score (nSPS) is 13.1. The number of carbonyl (C=O) groups excluding carboxylic acids is 2. The molecule has 0 aliphatic heterocycles. The second-order valence-corrected chi connectivity index (χ2v) is 9.46. The van der Waals surface area contributed by atoms with Crippen LogP contribution >= 0.6 is 11.8 Å². The fourth-order valence-electron chi connectivity index (χ4n) is 3.92. The van der Waals surface area contributed by atoms with Crippen molar-refractivity contribution in [2.45, 2.75) is 18.4 Å². The molecule has 0 aromatic heterocycles. The molecule has 0 saturated heterocycles. The number of nitrogens with zero attached hydrogens (tertiary/aromatic N) is 1. The van der Waals surface area contributed by atoms with Crippen molar-refractivity contribution in [3.05, 3.63) is 59.7 Å². The molecule has 1 aliphatic carbocycles. The zero-order chi connectivity index (χ0) is 24.5. The average molecular weight is 486 g/mol. The summed E-state index contributed by atoms with van der Waals surface area (Å²) in [6.07, 6.45) is -0.163. The first-order chi connectivity index (χ1) is 16.4. The lowest BCUT2D eigenvalue weighted by Gasteiger charge is -2.17. The predicted molar refractivity (Wildman–Crippen MR) is 133 cm³/mol. The van der Waals surface area contributed by atoms with Gasteiger partial charge in [0.15, 0.2) is 0 Å². The van der Waals surface area contributed by atoms with Crippen molar-refractivity contribution < 1.29 is 24.2 Å². The molecule has 3 N–H and O–H groups in total. The van der Waals surface area contributed by atoms with E-state index in [-0.39, 0.29) is 24.2 Å². The number of benzene rings is 2. The van der Waals surface area contributed by atoms with Crippen LogP contribution in [0.25, 0.3) is 11.1 Å². The molecule has 2 amide bonds. The summed E-state index contributed by atoms with van der Waals surface area (Å²) in [4.78, 5) is 37.4. The van der Waals surface area contributed by atoms with Crippen LogP contribution in [0, 0.1) is 0 Å². The first kappa shape index (κ1) is 25.6. The van der Waals surface area contributed by atoms with E-state index in [1.807, 2.05) is 43.3 Å². The molecule has 0 fully saturated rings. The second kappa shape index (κ2) is 12.4. The Hall–Kier alpha value is -3.04. The molecule has 2 aromatic rings. The van der Waals surface area contributed by atoms with Crippen LogP contribution < -0.4 is 10.6 Å². The van der Waals surface area contributed by atoms with Crippen LogP contribution in [0.2, 0.25) is 0 Å². The molecule has 0 heterocycles. The third kappa shape index (κ3) is 6.98. The molecule has 3 rings (SSSR count). The monoisotopic (exact) mass is 485 g/mol. The summed E-state index contributed by atoms with van der Waals surface area (Å²) in [6, 6.07) is 15.4. The molecule has 0 saturated carbocycles. The number of carbonyl (C=O) groups is 3. The number of amides is 2. The summed E-state index contributed by atoms with van der Waals surface area (Å²) < 4.78 is 5.48. The minimum absolute atomic E-state index is 0.00546. The molecule has 2 aromatic carbocycles. The Morgan fingerprint density at radius 1 is 1.06 bits per heavy atom. The highest BCUT2D eigenvalue weighted by atomic mass is 32.2. The third-order valence-electron chi connectivity index (χ3n) is 5.59. The Bertz CT molecular complexity index is 968. The molecule has 0 bridgehead atoms. The van der Waals surface area contributed by atoms with Crippen LogP contribution in [-0.4, -0.2) is 79.3 Å². The molecule has 9 heteroatoms. The summed E-state index contributed by atoms with van der Waals surface area (Å²) in [7, 11) is 3.69. The standard InChI is InChI=1S/C25H31N3O5S/c1-28(2)13-11-22(24(30)31)27-23(29)16-34-14-12-26-25(32)33-15-21-19-9-5-3-7-17(19)18-8-4-6-10-20(18)21/h3-10,21-22H,11-16H2,1-2H3,(H,26,32)(H,27,29)(H,30,31). The quantitative estimate of drug-likeness (QED) is 0.397. The summed E-state index contributed by atoms with van der Waals surface area (Å²) in [6.45, 7) is 1.16. The molecular formula is C25H31N3O5S. The summed E-state index contributed by atoms with van der Waals surface area (Å²) in [5.41, 5.74) is 4.66. The van der Waals surface area contributed by atoms with Gasteiger partial charge in [0.05, 0.1) is 5.75 Å². The molecule has 8 nitrogen and oxygen atoms in total. The number of rotatable bonds is 12. The predicted octanol–water partition coefficient (Wildman–Crippen LogP) is 2.78. The van der Waals surface area contributed by atoms with Gasteiger partial charge in [-0.2, -0.15) is 11.8 Å². The van der Waals surface area contributed by atoms with Crippen molar-refractivity contribution in [1.29, 1.82) is 0 Å². The molecule has 34 heavy (non-hydrogen) atoms. The number of ether oxygens (including phenoxy) is 1. The highest BCUT2D eigenvalue weighted by Gasteiger charge is 2.29. The van der Waals surface area contributed by atoms with Crippen LogP contribution in [0.5, 0.6) is 0 Å². The smallest absolute Gasteiger partial charge is 0.407 e. The highest BCUT2D eigenvalue weighted by molar-refractivity contribution is 7.99. The number of alkyl carbamates (subject to hydrolysis) is 1. The lowest BCUT2D eigenvalue weighted by molar-refractivity contribution is -0.141. The van der Waals surface area contributed by atoms with Gasteiger partial charge in [0, 0.05) is 24.8 Å². The maximum Gasteiger partial charge on any atom is 0.407 e. The highest BCUT2D eigenvalue weighted by Crippen LogP contribution is 2.44. The van der Waals surface area contributed by atoms with Gasteiger partial charge in [-0.05, 0) is 42.8 Å². The number of nitrogens with one attached hydrogen (secondary N) is 2. The van der Waals surface area contributed by atoms with Crippen LogP contribution in [-0.2, 0) is 14.3 Å². The lowest BCUT2D eigenvalue weighted by atomic mass is 9.98. The Labute approximate surface area is 204 Å². The van der Waals surface area contributed by atoms with E-state index in [1.54, 1.807) is 0 Å². The van der Waals surface area contributed by atoms with Crippen molar-refractivity contribution in [1.82, 2.24) is 15.5 Å². The van der Waals surface area contributed by atoms with Crippen molar-refractivity contribution in [3.8, 4) is 11.1 Å². The summed E-state index contributed by atoms with van der Waals surface area (Å²) in [5.74, 6) is -0.745. The zero-order valence-electron chi connectivity index (χ0n) is 19.5. The largest absolute Gasteiger partial charge is 0.480 e. The maximum absolute atomic E-state index is 12.2. The van der Waals surface area contributed by atoms with Gasteiger partial charge in [-0.15, -0.1) is 0 Å². The van der Waals surface area contributed by atoms with Crippen LogP contribution in [0.1, 0.15) is 23.5 Å². The first-order valence-electron chi connectivity index (χ1n) is 11.2. The van der Waals surface area contributed by atoms with E-state index in [9.17, 15) is 19.5 Å². The number of carboxylic acids is 1. The molecule has 0 spiro atoms. The average Bonchev–Trinajstić information content (AvgIpc) is 3.13. The van der Waals surface area contributed by atoms with Gasteiger partial charge in [-0.3, -0.25) is 4.79 Å². The van der Waals surface area contributed by atoms with Crippen molar-refractivity contribution in [2.24, 2.45) is 0 Å². The Kier molecular flexibility index (Phi) is 9.35. The Morgan fingerprint density at radius 3 is 2.26 bits per heavy atom. The fourth-order valence-corrected chi connectivity index (χ4v) is 4.58. The van der Waals surface area contributed by atoms with E-state index >= 15 is 0 Å². The maximum atomic E-state index is 12.2. The van der Waals surface area contributed by atoms with Crippen LogP contribution in [0.15, 0.2) is 48.5 Å².